The summed E-state index contributed by atoms with van der Waals surface area (Å²) in [6.45, 7) is 2.51. The normalized spacial score (nSPS) is 13.8. The molecule has 0 saturated carbocycles. The molecular weight excluding hydrogens is 454 g/mol. The number of amides is 1. The van der Waals surface area contributed by atoms with Crippen LogP contribution >= 0.6 is 0 Å². The van der Waals surface area contributed by atoms with Crippen LogP contribution in [0.5, 0.6) is 5.75 Å². The van der Waals surface area contributed by atoms with E-state index in [0.717, 1.165) is 39.4 Å². The number of hydrogen-bond donors (Lipinski definition) is 0. The number of carbonyl (C=O) groups excluding carboxylic acids is 1. The lowest BCUT2D eigenvalue weighted by atomic mass is 10.1. The van der Waals surface area contributed by atoms with E-state index in [1.807, 2.05) is 47.4 Å². The Morgan fingerprint density at radius 3 is 2.39 bits per heavy atom. The van der Waals surface area contributed by atoms with Crippen molar-refractivity contribution in [3.05, 3.63) is 91.3 Å². The fraction of sp³-hybridized carbons (Fsp3) is 0.179. The number of hydrogen-bond acceptors (Lipinski definition) is 6. The minimum absolute atomic E-state index is 0.0804. The molecule has 0 radical (unpaired) electrons. The largest absolute Gasteiger partial charge is 0.497 e. The van der Waals surface area contributed by atoms with Crippen LogP contribution in [0.25, 0.3) is 27.8 Å². The lowest BCUT2D eigenvalue weighted by molar-refractivity contribution is 0.0714. The SMILES string of the molecule is COc1ccc(-n2cc(-c3ccccc3)c3c(N4CCN(C(=O)c5ccco5)CC4)ncnc32)cc1. The van der Waals surface area contributed by atoms with Gasteiger partial charge in [-0.25, -0.2) is 9.97 Å². The van der Waals surface area contributed by atoms with E-state index in [2.05, 4.69) is 27.8 Å². The summed E-state index contributed by atoms with van der Waals surface area (Å²) in [5, 5.41) is 0.991. The molecule has 0 unspecified atom stereocenters. The number of furan rings is 1. The van der Waals surface area contributed by atoms with Gasteiger partial charge in [0.2, 0.25) is 0 Å². The summed E-state index contributed by atoms with van der Waals surface area (Å²) in [4.78, 5) is 26.2. The van der Waals surface area contributed by atoms with Crippen molar-refractivity contribution in [1.82, 2.24) is 19.4 Å². The van der Waals surface area contributed by atoms with E-state index in [1.54, 1.807) is 25.6 Å². The Morgan fingerprint density at radius 1 is 0.917 bits per heavy atom. The molecule has 4 heterocycles. The standard InChI is InChI=1S/C28H25N5O3/c1-35-22-11-9-21(10-12-22)33-18-23(20-6-3-2-4-7-20)25-26(29-19-30-27(25)33)31-13-15-32(16-14-31)28(34)24-8-5-17-36-24/h2-12,17-19H,13-16H2,1H3. The number of ether oxygens (including phenoxy) is 1. The Morgan fingerprint density at radius 2 is 1.69 bits per heavy atom. The number of benzene rings is 2. The van der Waals surface area contributed by atoms with Crippen LogP contribution in [0.15, 0.2) is 89.9 Å². The molecule has 2 aromatic carbocycles. The van der Waals surface area contributed by atoms with Crippen LogP contribution in [-0.4, -0.2) is 58.6 Å². The monoisotopic (exact) mass is 479 g/mol. The quantitative estimate of drug-likeness (QED) is 0.365. The molecule has 8 nitrogen and oxygen atoms in total. The van der Waals surface area contributed by atoms with Crippen molar-refractivity contribution in [3.8, 4) is 22.6 Å². The summed E-state index contributed by atoms with van der Waals surface area (Å²) in [6.07, 6.45) is 5.27. The number of aromatic nitrogens is 3. The van der Waals surface area contributed by atoms with Gasteiger partial charge in [-0.05, 0) is 42.0 Å². The molecule has 0 aliphatic carbocycles. The Kier molecular flexibility index (Phi) is 5.61. The summed E-state index contributed by atoms with van der Waals surface area (Å²) >= 11 is 0. The van der Waals surface area contributed by atoms with Crippen LogP contribution < -0.4 is 9.64 Å². The molecule has 0 bridgehead atoms. The van der Waals surface area contributed by atoms with Gasteiger partial charge in [0.25, 0.3) is 5.91 Å². The van der Waals surface area contributed by atoms with Gasteiger partial charge in [-0.3, -0.25) is 4.79 Å². The summed E-state index contributed by atoms with van der Waals surface area (Å²) in [5.41, 5.74) is 3.98. The zero-order chi connectivity index (χ0) is 24.5. The van der Waals surface area contributed by atoms with Crippen LogP contribution in [-0.2, 0) is 0 Å². The van der Waals surface area contributed by atoms with Crippen molar-refractivity contribution in [1.29, 1.82) is 0 Å². The van der Waals surface area contributed by atoms with Gasteiger partial charge >= 0.3 is 0 Å². The van der Waals surface area contributed by atoms with Gasteiger partial charge in [0.1, 0.15) is 17.9 Å². The first-order chi connectivity index (χ1) is 17.7. The summed E-state index contributed by atoms with van der Waals surface area (Å²) in [6, 6.07) is 21.7. The highest BCUT2D eigenvalue weighted by Gasteiger charge is 2.27. The second kappa shape index (κ2) is 9.22. The van der Waals surface area contributed by atoms with Crippen LogP contribution in [0.2, 0.25) is 0 Å². The third-order valence-corrected chi connectivity index (χ3v) is 6.60. The highest BCUT2D eigenvalue weighted by atomic mass is 16.5. The Balaban J connectivity index is 1.40. The molecular formula is C28H25N5O3. The predicted octanol–water partition coefficient (Wildman–Crippen LogP) is 4.65. The van der Waals surface area contributed by atoms with Crippen molar-refractivity contribution in [2.24, 2.45) is 0 Å². The van der Waals surface area contributed by atoms with Crippen molar-refractivity contribution < 1.29 is 13.9 Å². The molecule has 0 spiro atoms. The van der Waals surface area contributed by atoms with E-state index >= 15 is 0 Å². The van der Waals surface area contributed by atoms with E-state index in [9.17, 15) is 4.79 Å². The van der Waals surface area contributed by atoms with Gasteiger partial charge in [0, 0.05) is 43.6 Å². The van der Waals surface area contributed by atoms with Crippen molar-refractivity contribution >= 4 is 22.8 Å². The molecule has 0 atom stereocenters. The van der Waals surface area contributed by atoms with Gasteiger partial charge in [-0.15, -0.1) is 0 Å². The lowest BCUT2D eigenvalue weighted by Gasteiger charge is -2.35. The van der Waals surface area contributed by atoms with Crippen LogP contribution in [0.3, 0.4) is 0 Å². The second-order valence-electron chi connectivity index (χ2n) is 8.63. The lowest BCUT2D eigenvalue weighted by Crippen LogP contribution is -2.49. The van der Waals surface area contributed by atoms with Gasteiger partial charge < -0.3 is 23.5 Å². The maximum absolute atomic E-state index is 12.7. The molecule has 6 rings (SSSR count). The van der Waals surface area contributed by atoms with Gasteiger partial charge in [0.15, 0.2) is 11.4 Å². The molecule has 1 amide bonds. The fourth-order valence-corrected chi connectivity index (χ4v) is 4.74. The first kappa shape index (κ1) is 21.9. The molecule has 5 aromatic rings. The first-order valence-corrected chi connectivity index (χ1v) is 11.9. The molecule has 1 aliphatic rings. The molecule has 8 heteroatoms. The zero-order valence-corrected chi connectivity index (χ0v) is 19.9. The summed E-state index contributed by atoms with van der Waals surface area (Å²) in [5.74, 6) is 1.96. The van der Waals surface area contributed by atoms with E-state index < -0.39 is 0 Å². The Hall–Kier alpha value is -4.59. The summed E-state index contributed by atoms with van der Waals surface area (Å²) in [7, 11) is 1.66. The second-order valence-corrected chi connectivity index (χ2v) is 8.63. The smallest absolute Gasteiger partial charge is 0.289 e. The van der Waals surface area contributed by atoms with E-state index in [1.165, 1.54) is 6.26 Å². The van der Waals surface area contributed by atoms with Crippen LogP contribution in [0.4, 0.5) is 5.82 Å². The Labute approximate surface area is 208 Å². The molecule has 0 N–H and O–H groups in total. The number of nitrogens with zero attached hydrogens (tertiary/aromatic N) is 5. The number of fused-ring (bicyclic) bond motifs is 1. The molecule has 1 fully saturated rings. The number of rotatable bonds is 5. The van der Waals surface area contributed by atoms with Crippen LogP contribution in [0, 0.1) is 0 Å². The van der Waals surface area contributed by atoms with Crippen molar-refractivity contribution in [3.63, 3.8) is 0 Å². The van der Waals surface area contributed by atoms with Crippen molar-refractivity contribution in [2.45, 2.75) is 0 Å². The highest BCUT2D eigenvalue weighted by Crippen LogP contribution is 2.37. The van der Waals surface area contributed by atoms with Gasteiger partial charge in [-0.2, -0.15) is 0 Å². The average molecular weight is 480 g/mol. The highest BCUT2D eigenvalue weighted by molar-refractivity contribution is 6.02. The molecule has 36 heavy (non-hydrogen) atoms. The van der Waals surface area contributed by atoms with Crippen LogP contribution in [0.1, 0.15) is 10.6 Å². The predicted molar refractivity (Wildman–Crippen MR) is 138 cm³/mol. The van der Waals surface area contributed by atoms with Crippen molar-refractivity contribution in [2.75, 3.05) is 38.2 Å². The number of piperazine rings is 1. The molecule has 1 aliphatic heterocycles. The molecule has 180 valence electrons. The van der Waals surface area contributed by atoms with Gasteiger partial charge in [-0.1, -0.05) is 30.3 Å². The Bertz CT molecular complexity index is 1490. The minimum Gasteiger partial charge on any atom is -0.497 e. The number of methoxy groups -OCH3 is 1. The maximum atomic E-state index is 12.7. The number of anilines is 1. The average Bonchev–Trinajstić information content (AvgIpc) is 3.62. The minimum atomic E-state index is -0.0804. The van der Waals surface area contributed by atoms with Gasteiger partial charge in [0.05, 0.1) is 18.8 Å². The van der Waals surface area contributed by atoms with E-state index in [4.69, 9.17) is 19.1 Å². The molecule has 1 saturated heterocycles. The fourth-order valence-electron chi connectivity index (χ4n) is 4.74. The maximum Gasteiger partial charge on any atom is 0.289 e. The van der Waals surface area contributed by atoms with E-state index in [0.29, 0.717) is 31.9 Å². The summed E-state index contributed by atoms with van der Waals surface area (Å²) < 4.78 is 12.7. The number of carbonyl (C=O) groups is 1. The zero-order valence-electron chi connectivity index (χ0n) is 19.9. The molecule has 3 aromatic heterocycles. The third kappa shape index (κ3) is 3.86. The third-order valence-electron chi connectivity index (χ3n) is 6.60. The topological polar surface area (TPSA) is 76.6 Å². The van der Waals surface area contributed by atoms with E-state index in [-0.39, 0.29) is 5.91 Å². The first-order valence-electron chi connectivity index (χ1n) is 11.9.